The van der Waals surface area contributed by atoms with Crippen LogP contribution in [0.15, 0.2) is 11.8 Å². The van der Waals surface area contributed by atoms with Gasteiger partial charge in [-0.3, -0.25) is 0 Å². The molecule has 2 atom stereocenters. The molecule has 1 heterocycles. The van der Waals surface area contributed by atoms with E-state index in [4.69, 9.17) is 15.2 Å². The molecule has 12 heavy (non-hydrogen) atoms. The molecule has 2 aliphatic rings. The second-order valence-corrected chi connectivity index (χ2v) is 3.46. The summed E-state index contributed by atoms with van der Waals surface area (Å²) in [5.74, 6) is 1.06. The third-order valence-corrected chi connectivity index (χ3v) is 2.22. The van der Waals surface area contributed by atoms with E-state index in [1.807, 2.05) is 6.08 Å². The Balaban J connectivity index is 1.76. The van der Waals surface area contributed by atoms with Crippen molar-refractivity contribution in [3.8, 4) is 0 Å². The van der Waals surface area contributed by atoms with E-state index in [1.54, 1.807) is 0 Å². The Morgan fingerprint density at radius 1 is 1.67 bits per heavy atom. The second-order valence-electron chi connectivity index (χ2n) is 3.46. The summed E-state index contributed by atoms with van der Waals surface area (Å²) >= 11 is 0. The van der Waals surface area contributed by atoms with Crippen molar-refractivity contribution in [1.29, 1.82) is 0 Å². The quantitative estimate of drug-likeness (QED) is 0.635. The van der Waals surface area contributed by atoms with Crippen LogP contribution in [0.5, 0.6) is 0 Å². The molecule has 2 unspecified atom stereocenters. The highest BCUT2D eigenvalue weighted by Crippen LogP contribution is 2.19. The molecule has 0 aromatic carbocycles. The molecular formula is C9H15NO2. The average Bonchev–Trinajstić information content (AvgIpc) is 2.84. The van der Waals surface area contributed by atoms with Gasteiger partial charge in [-0.05, 0) is 18.9 Å². The largest absolute Gasteiger partial charge is 0.495 e. The molecule has 0 bridgehead atoms. The first-order valence-electron chi connectivity index (χ1n) is 4.55. The summed E-state index contributed by atoms with van der Waals surface area (Å²) in [5.41, 5.74) is 5.76. The number of allylic oxidation sites excluding steroid dienone is 1. The molecule has 3 nitrogen and oxygen atoms in total. The van der Waals surface area contributed by atoms with Crippen molar-refractivity contribution >= 4 is 0 Å². The lowest BCUT2D eigenvalue weighted by molar-refractivity contribution is 0.169. The Morgan fingerprint density at radius 2 is 2.50 bits per heavy atom. The monoisotopic (exact) mass is 169 g/mol. The van der Waals surface area contributed by atoms with E-state index in [9.17, 15) is 0 Å². The van der Waals surface area contributed by atoms with Crippen LogP contribution in [0.1, 0.15) is 19.3 Å². The highest BCUT2D eigenvalue weighted by atomic mass is 16.6. The third kappa shape index (κ3) is 2.22. The van der Waals surface area contributed by atoms with Crippen LogP contribution in [0.4, 0.5) is 0 Å². The third-order valence-electron chi connectivity index (χ3n) is 2.22. The van der Waals surface area contributed by atoms with Gasteiger partial charge in [-0.2, -0.15) is 0 Å². The van der Waals surface area contributed by atoms with Gasteiger partial charge in [0.1, 0.15) is 12.7 Å². The molecule has 1 aliphatic carbocycles. The Hall–Kier alpha value is -0.540. The highest BCUT2D eigenvalue weighted by Gasteiger charge is 2.23. The minimum absolute atomic E-state index is 0.203. The van der Waals surface area contributed by atoms with E-state index in [1.165, 1.54) is 0 Å². The van der Waals surface area contributed by atoms with E-state index >= 15 is 0 Å². The van der Waals surface area contributed by atoms with Gasteiger partial charge >= 0.3 is 0 Å². The molecule has 1 saturated heterocycles. The van der Waals surface area contributed by atoms with Crippen LogP contribution in [-0.4, -0.2) is 25.4 Å². The first kappa shape index (κ1) is 8.08. The fraction of sp³-hybridized carbons (Fsp3) is 0.778. The summed E-state index contributed by atoms with van der Waals surface area (Å²) in [6.45, 7) is 1.57. The van der Waals surface area contributed by atoms with Crippen molar-refractivity contribution in [1.82, 2.24) is 0 Å². The number of hydrogen-bond acceptors (Lipinski definition) is 3. The van der Waals surface area contributed by atoms with Crippen molar-refractivity contribution in [2.24, 2.45) is 5.73 Å². The normalized spacial score (nSPS) is 34.2. The summed E-state index contributed by atoms with van der Waals surface area (Å²) in [7, 11) is 0. The fourth-order valence-electron chi connectivity index (χ4n) is 1.40. The van der Waals surface area contributed by atoms with E-state index in [0.29, 0.717) is 12.7 Å². The molecular weight excluding hydrogens is 154 g/mol. The lowest BCUT2D eigenvalue weighted by Crippen LogP contribution is -2.21. The summed E-state index contributed by atoms with van der Waals surface area (Å²) < 4.78 is 10.6. The Labute approximate surface area is 72.5 Å². The molecule has 68 valence electrons. The maximum atomic E-state index is 5.76. The fourth-order valence-corrected chi connectivity index (χ4v) is 1.40. The lowest BCUT2D eigenvalue weighted by atomic mass is 10.0. The molecule has 1 aliphatic heterocycles. The molecule has 0 aromatic rings. The van der Waals surface area contributed by atoms with Gasteiger partial charge in [0.05, 0.1) is 12.4 Å². The van der Waals surface area contributed by atoms with Crippen LogP contribution in [0, 0.1) is 0 Å². The average molecular weight is 169 g/mol. The van der Waals surface area contributed by atoms with Gasteiger partial charge in [-0.1, -0.05) is 0 Å². The van der Waals surface area contributed by atoms with Crippen molar-refractivity contribution in [2.75, 3.05) is 13.2 Å². The van der Waals surface area contributed by atoms with Crippen LogP contribution in [0.25, 0.3) is 0 Å². The first-order chi connectivity index (χ1) is 5.84. The van der Waals surface area contributed by atoms with Crippen molar-refractivity contribution in [2.45, 2.75) is 31.4 Å². The second kappa shape index (κ2) is 3.46. The smallest absolute Gasteiger partial charge is 0.116 e. The molecule has 3 heteroatoms. The molecule has 0 radical (unpaired) electrons. The van der Waals surface area contributed by atoms with Gasteiger partial charge < -0.3 is 15.2 Å². The standard InChI is InChI=1S/C9H15NO2/c10-7-2-1-3-8(4-7)11-5-9-6-12-9/h4,7,9H,1-3,5-6,10H2. The molecule has 0 aromatic heterocycles. The van der Waals surface area contributed by atoms with Crippen LogP contribution < -0.4 is 5.73 Å². The molecule has 0 amide bonds. The summed E-state index contributed by atoms with van der Waals surface area (Å²) in [6, 6.07) is 0.203. The van der Waals surface area contributed by atoms with Crippen LogP contribution in [0.3, 0.4) is 0 Å². The zero-order chi connectivity index (χ0) is 8.39. The number of rotatable bonds is 3. The minimum atomic E-state index is 0.203. The molecule has 1 fully saturated rings. The Morgan fingerprint density at radius 3 is 3.17 bits per heavy atom. The zero-order valence-corrected chi connectivity index (χ0v) is 7.16. The van der Waals surface area contributed by atoms with E-state index in [2.05, 4.69) is 0 Å². The van der Waals surface area contributed by atoms with Gasteiger partial charge in [0.15, 0.2) is 0 Å². The topological polar surface area (TPSA) is 47.8 Å². The number of epoxide rings is 1. The van der Waals surface area contributed by atoms with E-state index in [0.717, 1.165) is 31.6 Å². The van der Waals surface area contributed by atoms with Gasteiger partial charge in [0, 0.05) is 12.5 Å². The number of ether oxygens (including phenoxy) is 2. The minimum Gasteiger partial charge on any atom is -0.495 e. The van der Waals surface area contributed by atoms with Gasteiger partial charge in [0.25, 0.3) is 0 Å². The summed E-state index contributed by atoms with van der Waals surface area (Å²) in [5, 5.41) is 0. The lowest BCUT2D eigenvalue weighted by Gasteiger charge is -2.17. The number of hydrogen-bond donors (Lipinski definition) is 1. The predicted molar refractivity (Wildman–Crippen MR) is 45.6 cm³/mol. The van der Waals surface area contributed by atoms with Crippen LogP contribution in [-0.2, 0) is 9.47 Å². The SMILES string of the molecule is NC1C=C(OCC2CO2)CCC1. The van der Waals surface area contributed by atoms with Crippen molar-refractivity contribution in [3.05, 3.63) is 11.8 Å². The molecule has 0 spiro atoms. The van der Waals surface area contributed by atoms with Gasteiger partial charge in [0.2, 0.25) is 0 Å². The molecule has 2 N–H and O–H groups in total. The van der Waals surface area contributed by atoms with Crippen molar-refractivity contribution in [3.63, 3.8) is 0 Å². The van der Waals surface area contributed by atoms with E-state index < -0.39 is 0 Å². The Kier molecular flexibility index (Phi) is 2.33. The van der Waals surface area contributed by atoms with Gasteiger partial charge in [-0.25, -0.2) is 0 Å². The first-order valence-corrected chi connectivity index (χ1v) is 4.55. The predicted octanol–water partition coefficient (Wildman–Crippen LogP) is 0.797. The van der Waals surface area contributed by atoms with Gasteiger partial charge in [-0.15, -0.1) is 0 Å². The summed E-state index contributed by atoms with van der Waals surface area (Å²) in [4.78, 5) is 0. The maximum absolute atomic E-state index is 5.76. The highest BCUT2D eigenvalue weighted by molar-refractivity contribution is 5.03. The van der Waals surface area contributed by atoms with E-state index in [-0.39, 0.29) is 6.04 Å². The maximum Gasteiger partial charge on any atom is 0.116 e. The number of nitrogens with two attached hydrogens (primary N) is 1. The Bertz CT molecular complexity index is 187. The van der Waals surface area contributed by atoms with Crippen LogP contribution in [0.2, 0.25) is 0 Å². The zero-order valence-electron chi connectivity index (χ0n) is 7.16. The van der Waals surface area contributed by atoms with Crippen LogP contribution >= 0.6 is 0 Å². The van der Waals surface area contributed by atoms with Crippen molar-refractivity contribution < 1.29 is 9.47 Å². The summed E-state index contributed by atoms with van der Waals surface area (Å²) in [6.07, 6.45) is 5.67. The molecule has 2 rings (SSSR count). The molecule has 0 saturated carbocycles.